The molecular weight excluding hydrogens is 279 g/mol. The Hall–Kier alpha value is 0.250. The zero-order valence-corrected chi connectivity index (χ0v) is 14.6. The molecule has 0 N–H and O–H groups in total. The summed E-state index contributed by atoms with van der Waals surface area (Å²) in [6, 6.07) is 0. The van der Waals surface area contributed by atoms with Crippen LogP contribution >= 0.6 is 0 Å². The molecule has 0 bridgehead atoms. The molecule has 0 aromatic carbocycles. The maximum atomic E-state index is 10.8. The van der Waals surface area contributed by atoms with Gasteiger partial charge in [0, 0.05) is 12.8 Å². The summed E-state index contributed by atoms with van der Waals surface area (Å²) in [5.74, 6) is -0.450. The largest absolute Gasteiger partial charge is 1.00 e. The number of rotatable bonds is 11. The quantitative estimate of drug-likeness (QED) is 0.290. The van der Waals surface area contributed by atoms with E-state index in [1.165, 1.54) is 0 Å². The summed E-state index contributed by atoms with van der Waals surface area (Å²) >= 11 is -2.74. The van der Waals surface area contributed by atoms with Crippen molar-refractivity contribution in [3.05, 3.63) is 0 Å². The van der Waals surface area contributed by atoms with E-state index in [9.17, 15) is 18.4 Å². The van der Waals surface area contributed by atoms with E-state index >= 15 is 0 Å². The fourth-order valence-electron chi connectivity index (χ4n) is 1.64. The van der Waals surface area contributed by atoms with E-state index in [1.807, 2.05) is 0 Å². The van der Waals surface area contributed by atoms with Crippen LogP contribution < -0.4 is 29.6 Å². The summed E-state index contributed by atoms with van der Waals surface area (Å²) in [4.78, 5) is 21.5. The van der Waals surface area contributed by atoms with E-state index in [1.54, 1.807) is 6.92 Å². The molecule has 1 atom stereocenters. The van der Waals surface area contributed by atoms with E-state index in [0.29, 0.717) is 12.8 Å². The van der Waals surface area contributed by atoms with E-state index in [4.69, 9.17) is 0 Å². The Morgan fingerprint density at radius 2 is 1.37 bits per heavy atom. The van der Waals surface area contributed by atoms with Gasteiger partial charge in [0.15, 0.2) is 0 Å². The molecule has 0 saturated heterocycles. The third-order valence-corrected chi connectivity index (χ3v) is 2.89. The molecule has 0 aliphatic rings. The standard InChI is InChI=1S/C12H22O5S.Na/c1-11(13)9-7-5-3-2-4-6-8-10-12(14)17-18(15)16;/h2-10H2,1H3,(H,15,16);/q;+1/p-1. The fourth-order valence-corrected chi connectivity index (χ4v) is 1.88. The first-order valence-electron chi connectivity index (χ1n) is 6.32. The van der Waals surface area contributed by atoms with Gasteiger partial charge in [-0.2, -0.15) is 0 Å². The smallest absolute Gasteiger partial charge is 0.740 e. The molecule has 7 heteroatoms. The zero-order chi connectivity index (χ0) is 13.8. The maximum absolute atomic E-state index is 10.8. The van der Waals surface area contributed by atoms with Crippen LogP contribution in [0, 0.1) is 0 Å². The molecule has 106 valence electrons. The van der Waals surface area contributed by atoms with Crippen LogP contribution in [0.5, 0.6) is 0 Å². The molecule has 19 heavy (non-hydrogen) atoms. The van der Waals surface area contributed by atoms with E-state index < -0.39 is 17.3 Å². The molecule has 1 unspecified atom stereocenters. The molecule has 0 saturated carbocycles. The first-order chi connectivity index (χ1) is 8.52. The molecule has 0 fully saturated rings. The second-order valence-corrected chi connectivity index (χ2v) is 4.91. The molecule has 5 nitrogen and oxygen atoms in total. The van der Waals surface area contributed by atoms with Gasteiger partial charge in [-0.3, -0.25) is 4.79 Å². The van der Waals surface area contributed by atoms with Gasteiger partial charge >= 0.3 is 35.5 Å². The van der Waals surface area contributed by atoms with Gasteiger partial charge in [-0.05, 0) is 19.8 Å². The van der Waals surface area contributed by atoms with E-state index in [2.05, 4.69) is 4.18 Å². The summed E-state index contributed by atoms with van der Waals surface area (Å²) < 4.78 is 24.0. The van der Waals surface area contributed by atoms with Crippen LogP contribution in [0.25, 0.3) is 0 Å². The number of carbonyl (C=O) groups is 2. The number of ketones is 1. The minimum absolute atomic E-state index is 0. The van der Waals surface area contributed by atoms with Crippen molar-refractivity contribution < 1.29 is 52.1 Å². The Bertz CT molecular complexity index is 283. The molecule has 0 spiro atoms. The average molecular weight is 300 g/mol. The van der Waals surface area contributed by atoms with Gasteiger partial charge in [-0.15, -0.1) is 0 Å². The summed E-state index contributed by atoms with van der Waals surface area (Å²) in [5, 5.41) is 0. The van der Waals surface area contributed by atoms with Crippen molar-refractivity contribution in [2.24, 2.45) is 0 Å². The normalized spacial score (nSPS) is 11.5. The number of unbranched alkanes of at least 4 members (excludes halogenated alkanes) is 6. The van der Waals surface area contributed by atoms with Crippen LogP contribution in [-0.4, -0.2) is 20.5 Å². The van der Waals surface area contributed by atoms with Crippen LogP contribution in [0.1, 0.15) is 64.7 Å². The predicted octanol–water partition coefficient (Wildman–Crippen LogP) is -0.572. The molecule has 0 rings (SSSR count). The Morgan fingerprint density at radius 1 is 0.947 bits per heavy atom. The number of hydrogen-bond donors (Lipinski definition) is 0. The van der Waals surface area contributed by atoms with Crippen LogP contribution in [-0.2, 0) is 25.1 Å². The molecule has 0 radical (unpaired) electrons. The third-order valence-electron chi connectivity index (χ3n) is 2.57. The monoisotopic (exact) mass is 300 g/mol. The van der Waals surface area contributed by atoms with Crippen LogP contribution in [0.3, 0.4) is 0 Å². The SMILES string of the molecule is CC(=O)CCCCCCCCCC(=O)OS(=O)[O-].[Na+]. The van der Waals surface area contributed by atoms with E-state index in [0.717, 1.165) is 38.5 Å². The molecule has 0 aromatic heterocycles. The Kier molecular flexibility index (Phi) is 16.6. The molecule has 0 amide bonds. The fraction of sp³-hybridized carbons (Fsp3) is 0.833. The van der Waals surface area contributed by atoms with Crippen molar-refractivity contribution in [1.29, 1.82) is 0 Å². The summed E-state index contributed by atoms with van der Waals surface area (Å²) in [6.45, 7) is 1.61. The van der Waals surface area contributed by atoms with Crippen LogP contribution in [0.15, 0.2) is 0 Å². The van der Waals surface area contributed by atoms with E-state index in [-0.39, 0.29) is 41.8 Å². The topological polar surface area (TPSA) is 83.5 Å². The van der Waals surface area contributed by atoms with Crippen molar-refractivity contribution in [3.63, 3.8) is 0 Å². The van der Waals surface area contributed by atoms with Gasteiger partial charge in [0.05, 0.1) is 0 Å². The third kappa shape index (κ3) is 18.2. The summed E-state index contributed by atoms with van der Waals surface area (Å²) in [5.41, 5.74) is 0. The van der Waals surface area contributed by atoms with Gasteiger partial charge in [0.2, 0.25) is 0 Å². The molecule has 0 aromatic rings. The molecule has 0 aliphatic heterocycles. The van der Waals surface area contributed by atoms with Gasteiger partial charge in [0.1, 0.15) is 17.1 Å². The van der Waals surface area contributed by atoms with Crippen molar-refractivity contribution in [2.75, 3.05) is 0 Å². The average Bonchev–Trinajstić information content (AvgIpc) is 2.25. The Labute approximate surface area is 139 Å². The van der Waals surface area contributed by atoms with Gasteiger partial charge in [-0.25, -0.2) is 4.21 Å². The second kappa shape index (κ2) is 14.7. The zero-order valence-electron chi connectivity index (χ0n) is 11.8. The molecular formula is C12H21NaO5S. The first kappa shape index (κ1) is 21.5. The minimum Gasteiger partial charge on any atom is -0.740 e. The first-order valence-corrected chi connectivity index (χ1v) is 7.32. The van der Waals surface area contributed by atoms with Crippen LogP contribution in [0.2, 0.25) is 0 Å². The Balaban J connectivity index is 0. The summed E-state index contributed by atoms with van der Waals surface area (Å²) in [6.07, 6.45) is 7.59. The molecule has 0 aliphatic carbocycles. The number of Topliss-reactive ketones (excluding diaryl/α,β-unsaturated/α-hetero) is 1. The predicted molar refractivity (Wildman–Crippen MR) is 67.2 cm³/mol. The maximum Gasteiger partial charge on any atom is 1.00 e. The number of carbonyl (C=O) groups excluding carboxylic acids is 2. The Morgan fingerprint density at radius 3 is 1.79 bits per heavy atom. The minimum atomic E-state index is -2.74. The van der Waals surface area contributed by atoms with Crippen molar-refractivity contribution in [1.82, 2.24) is 0 Å². The molecule has 0 heterocycles. The van der Waals surface area contributed by atoms with Gasteiger partial charge in [-0.1, -0.05) is 32.1 Å². The van der Waals surface area contributed by atoms with Crippen molar-refractivity contribution in [2.45, 2.75) is 64.7 Å². The summed E-state index contributed by atoms with van der Waals surface area (Å²) in [7, 11) is 0. The van der Waals surface area contributed by atoms with Gasteiger partial charge < -0.3 is 13.5 Å². The van der Waals surface area contributed by atoms with Crippen LogP contribution in [0.4, 0.5) is 0 Å². The van der Waals surface area contributed by atoms with Crippen molar-refractivity contribution >= 4 is 23.1 Å². The van der Waals surface area contributed by atoms with Gasteiger partial charge in [0.25, 0.3) is 0 Å². The number of hydrogen-bond acceptors (Lipinski definition) is 5. The second-order valence-electron chi connectivity index (χ2n) is 4.34. The van der Waals surface area contributed by atoms with Crippen molar-refractivity contribution in [3.8, 4) is 0 Å².